The molecule has 2 N–H and O–H groups in total. The minimum atomic E-state index is 0.00463. The molecule has 4 heteroatoms. The fraction of sp³-hybridized carbons (Fsp3) is 0.400. The Hall–Kier alpha value is -1.97. The van der Waals surface area contributed by atoms with E-state index < -0.39 is 0 Å². The number of amides is 1. The van der Waals surface area contributed by atoms with Crippen LogP contribution in [0.25, 0.3) is 0 Å². The highest BCUT2D eigenvalue weighted by Gasteiger charge is 2.09. The van der Waals surface area contributed by atoms with Gasteiger partial charge in [-0.25, -0.2) is 0 Å². The summed E-state index contributed by atoms with van der Waals surface area (Å²) < 4.78 is 5.39. The first-order chi connectivity index (χ1) is 9.15. The van der Waals surface area contributed by atoms with Crippen molar-refractivity contribution >= 4 is 5.91 Å². The lowest BCUT2D eigenvalue weighted by Crippen LogP contribution is -2.27. The first-order valence-electron chi connectivity index (χ1n) is 6.36. The smallest absolute Gasteiger partial charge is 0.216 e. The van der Waals surface area contributed by atoms with Crippen LogP contribution >= 0.6 is 0 Å². The van der Waals surface area contributed by atoms with Crippen LogP contribution in [0.4, 0.5) is 0 Å². The summed E-state index contributed by atoms with van der Waals surface area (Å²) in [6.07, 6.45) is 7.16. The number of carbonyl (C=O) groups is 1. The maximum atomic E-state index is 9.70. The molecular weight excluding hydrogens is 240 g/mol. The lowest BCUT2D eigenvalue weighted by molar-refractivity contribution is -0.118. The van der Waals surface area contributed by atoms with Crippen molar-refractivity contribution in [3.8, 4) is 0 Å². The van der Waals surface area contributed by atoms with Gasteiger partial charge in [0.1, 0.15) is 12.4 Å². The van der Waals surface area contributed by atoms with Crippen molar-refractivity contribution in [3.63, 3.8) is 0 Å². The molecule has 1 saturated heterocycles. The van der Waals surface area contributed by atoms with E-state index in [1.165, 1.54) is 6.92 Å². The van der Waals surface area contributed by atoms with Crippen LogP contribution in [0.5, 0.6) is 0 Å². The van der Waals surface area contributed by atoms with Crippen LogP contribution in [0, 0.1) is 0 Å². The number of rotatable bonds is 2. The molecule has 1 aliphatic rings. The van der Waals surface area contributed by atoms with E-state index in [0.717, 1.165) is 18.0 Å². The molecular formula is C15H26N2O2. The SMILES string of the molecule is C=C/C=C1/NCCO/C1=C/C=C.CC.CNC(C)=O. The van der Waals surface area contributed by atoms with Gasteiger partial charge in [-0.15, -0.1) is 0 Å². The molecule has 0 aromatic carbocycles. The van der Waals surface area contributed by atoms with Gasteiger partial charge in [-0.1, -0.05) is 39.2 Å². The lowest BCUT2D eigenvalue weighted by atomic mass is 10.2. The van der Waals surface area contributed by atoms with Crippen molar-refractivity contribution in [3.05, 3.63) is 48.9 Å². The number of hydrogen-bond donors (Lipinski definition) is 2. The molecule has 19 heavy (non-hydrogen) atoms. The molecule has 0 atom stereocenters. The highest BCUT2D eigenvalue weighted by molar-refractivity contribution is 5.72. The lowest BCUT2D eigenvalue weighted by Gasteiger charge is -2.20. The van der Waals surface area contributed by atoms with Crippen LogP contribution in [0.1, 0.15) is 20.8 Å². The average molecular weight is 266 g/mol. The molecule has 1 aliphatic heterocycles. The van der Waals surface area contributed by atoms with Crippen molar-refractivity contribution < 1.29 is 9.53 Å². The van der Waals surface area contributed by atoms with Gasteiger partial charge in [-0.3, -0.25) is 4.79 Å². The summed E-state index contributed by atoms with van der Waals surface area (Å²) in [4.78, 5) is 9.70. The van der Waals surface area contributed by atoms with Crippen LogP contribution in [0.3, 0.4) is 0 Å². The molecule has 0 aliphatic carbocycles. The van der Waals surface area contributed by atoms with E-state index in [4.69, 9.17) is 4.74 Å². The highest BCUT2D eigenvalue weighted by atomic mass is 16.5. The fourth-order valence-corrected chi connectivity index (χ4v) is 1.02. The zero-order valence-electron chi connectivity index (χ0n) is 12.5. The predicted molar refractivity (Wildman–Crippen MR) is 81.6 cm³/mol. The molecule has 4 nitrogen and oxygen atoms in total. The maximum Gasteiger partial charge on any atom is 0.216 e. The third-order valence-corrected chi connectivity index (χ3v) is 1.85. The quantitative estimate of drug-likeness (QED) is 0.807. The van der Waals surface area contributed by atoms with Crippen LogP contribution in [0.2, 0.25) is 0 Å². The van der Waals surface area contributed by atoms with Crippen LogP contribution in [-0.4, -0.2) is 26.1 Å². The zero-order chi connectivity index (χ0) is 15.1. The Balaban J connectivity index is 0. The summed E-state index contributed by atoms with van der Waals surface area (Å²) in [5.74, 6) is 0.834. The third-order valence-electron chi connectivity index (χ3n) is 1.85. The monoisotopic (exact) mass is 266 g/mol. The molecule has 0 spiro atoms. The average Bonchev–Trinajstić information content (AvgIpc) is 2.44. The Morgan fingerprint density at radius 2 is 1.84 bits per heavy atom. The van der Waals surface area contributed by atoms with E-state index in [-0.39, 0.29) is 5.91 Å². The minimum absolute atomic E-state index is 0.00463. The Labute approximate surface area is 116 Å². The highest BCUT2D eigenvalue weighted by Crippen LogP contribution is 2.12. The van der Waals surface area contributed by atoms with Gasteiger partial charge in [0.05, 0.1) is 5.70 Å². The van der Waals surface area contributed by atoms with E-state index in [0.29, 0.717) is 6.61 Å². The van der Waals surface area contributed by atoms with E-state index in [2.05, 4.69) is 23.8 Å². The zero-order valence-corrected chi connectivity index (χ0v) is 12.5. The molecule has 1 fully saturated rings. The van der Waals surface area contributed by atoms with Gasteiger partial charge in [0.25, 0.3) is 0 Å². The molecule has 0 aromatic rings. The van der Waals surface area contributed by atoms with Gasteiger partial charge in [0.2, 0.25) is 5.91 Å². The summed E-state index contributed by atoms with van der Waals surface area (Å²) in [5.41, 5.74) is 0.969. The summed E-state index contributed by atoms with van der Waals surface area (Å²) >= 11 is 0. The van der Waals surface area contributed by atoms with Gasteiger partial charge < -0.3 is 15.4 Å². The topological polar surface area (TPSA) is 50.4 Å². The van der Waals surface area contributed by atoms with Gasteiger partial charge in [0.15, 0.2) is 0 Å². The molecule has 0 saturated carbocycles. The minimum Gasteiger partial charge on any atom is -0.490 e. The Bertz CT molecular complexity index is 305. The molecule has 0 unspecified atom stereocenters. The van der Waals surface area contributed by atoms with Crippen molar-refractivity contribution in [2.45, 2.75) is 20.8 Å². The Morgan fingerprint density at radius 1 is 1.32 bits per heavy atom. The molecule has 1 rings (SSSR count). The number of ether oxygens (including phenoxy) is 1. The van der Waals surface area contributed by atoms with E-state index in [1.54, 1.807) is 19.2 Å². The molecule has 0 radical (unpaired) electrons. The first-order valence-corrected chi connectivity index (χ1v) is 6.36. The van der Waals surface area contributed by atoms with Crippen molar-refractivity contribution in [1.29, 1.82) is 0 Å². The fourth-order valence-electron chi connectivity index (χ4n) is 1.02. The molecule has 0 aromatic heterocycles. The maximum absolute atomic E-state index is 9.70. The van der Waals surface area contributed by atoms with Crippen molar-refractivity contribution in [1.82, 2.24) is 10.6 Å². The molecule has 1 amide bonds. The summed E-state index contributed by atoms with van der Waals surface area (Å²) in [6.45, 7) is 14.3. The Kier molecular flexibility index (Phi) is 14.4. The summed E-state index contributed by atoms with van der Waals surface area (Å²) in [5, 5.41) is 5.59. The van der Waals surface area contributed by atoms with Gasteiger partial charge in [-0.2, -0.15) is 0 Å². The molecule has 108 valence electrons. The number of hydrogen-bond acceptors (Lipinski definition) is 3. The first kappa shape index (κ1) is 19.4. The number of morpholine rings is 1. The normalized spacial score (nSPS) is 16.6. The largest absolute Gasteiger partial charge is 0.490 e. The Morgan fingerprint density at radius 3 is 2.26 bits per heavy atom. The second-order valence-electron chi connectivity index (χ2n) is 3.16. The summed E-state index contributed by atoms with van der Waals surface area (Å²) in [7, 11) is 1.60. The standard InChI is InChI=1S/C10H13NO.C3H7NO.C2H6/c1-3-5-9-10(6-4-2)12-8-7-11-9;1-3(5)4-2;1-2/h3-6,11H,1-2,7-8H2;1-2H3,(H,4,5);1-2H3/b9-5+,10-6+;;. The van der Waals surface area contributed by atoms with Gasteiger partial charge in [0, 0.05) is 20.5 Å². The second-order valence-corrected chi connectivity index (χ2v) is 3.16. The molecule has 1 heterocycles. The van der Waals surface area contributed by atoms with E-state index in [1.807, 2.05) is 26.0 Å². The molecule has 0 bridgehead atoms. The van der Waals surface area contributed by atoms with Crippen LogP contribution in [-0.2, 0) is 9.53 Å². The van der Waals surface area contributed by atoms with Crippen LogP contribution < -0.4 is 10.6 Å². The number of nitrogens with one attached hydrogen (secondary N) is 2. The summed E-state index contributed by atoms with van der Waals surface area (Å²) in [6, 6.07) is 0. The predicted octanol–water partition coefficient (Wildman–Crippen LogP) is 2.52. The van der Waals surface area contributed by atoms with Crippen molar-refractivity contribution in [2.24, 2.45) is 0 Å². The van der Waals surface area contributed by atoms with E-state index in [9.17, 15) is 4.79 Å². The third kappa shape index (κ3) is 10.9. The van der Waals surface area contributed by atoms with Crippen molar-refractivity contribution in [2.75, 3.05) is 20.2 Å². The van der Waals surface area contributed by atoms with Crippen LogP contribution in [0.15, 0.2) is 48.9 Å². The number of allylic oxidation sites excluding steroid dienone is 4. The second kappa shape index (κ2) is 14.1. The van der Waals surface area contributed by atoms with E-state index >= 15 is 0 Å². The van der Waals surface area contributed by atoms with Gasteiger partial charge in [-0.05, 0) is 12.2 Å². The number of carbonyl (C=O) groups excluding carboxylic acids is 1. The van der Waals surface area contributed by atoms with Gasteiger partial charge >= 0.3 is 0 Å².